The van der Waals surface area contributed by atoms with E-state index < -0.39 is 15.6 Å². The van der Waals surface area contributed by atoms with Crippen LogP contribution >= 0.6 is 11.6 Å². The smallest absolute Gasteiger partial charge is 0.251 e. The first-order valence-corrected chi connectivity index (χ1v) is 9.85. The maximum Gasteiger partial charge on any atom is 0.251 e. The average Bonchev–Trinajstić information content (AvgIpc) is 2.58. The highest BCUT2D eigenvalue weighted by Gasteiger charge is 2.42. The van der Waals surface area contributed by atoms with Crippen LogP contribution in [0.1, 0.15) is 35.2 Å². The summed E-state index contributed by atoms with van der Waals surface area (Å²) in [4.78, 5) is 11.7. The van der Waals surface area contributed by atoms with Gasteiger partial charge in [0, 0.05) is 17.6 Å². The van der Waals surface area contributed by atoms with E-state index in [4.69, 9.17) is 11.6 Å². The molecule has 0 radical (unpaired) electrons. The van der Waals surface area contributed by atoms with Gasteiger partial charge in [0.2, 0.25) is 10.0 Å². The second kappa shape index (κ2) is 6.78. The van der Waals surface area contributed by atoms with Crippen molar-refractivity contribution in [1.29, 1.82) is 0 Å². The molecule has 0 unspecified atom stereocenters. The number of nitrogens with one attached hydrogen (secondary N) is 2. The molecule has 1 fully saturated rings. The molecular formula is C18H19ClN2O3S. The van der Waals surface area contributed by atoms with Gasteiger partial charge in [-0.25, -0.2) is 13.1 Å². The Kier molecular flexibility index (Phi) is 4.86. The van der Waals surface area contributed by atoms with Crippen molar-refractivity contribution in [3.63, 3.8) is 0 Å². The molecule has 1 aliphatic carbocycles. The van der Waals surface area contributed by atoms with Crippen LogP contribution in [0.5, 0.6) is 0 Å². The number of halogens is 1. The lowest BCUT2D eigenvalue weighted by molar-refractivity contribution is 0.0963. The molecule has 5 nitrogen and oxygen atoms in total. The zero-order valence-electron chi connectivity index (χ0n) is 13.8. The summed E-state index contributed by atoms with van der Waals surface area (Å²) in [5.74, 6) is -0.256. The summed E-state index contributed by atoms with van der Waals surface area (Å²) in [6, 6.07) is 13.2. The predicted molar refractivity (Wildman–Crippen MR) is 97.1 cm³/mol. The van der Waals surface area contributed by atoms with Crippen LogP contribution in [0.15, 0.2) is 53.4 Å². The van der Waals surface area contributed by atoms with Crippen molar-refractivity contribution in [2.24, 2.45) is 0 Å². The lowest BCUT2D eigenvalue weighted by atomic mass is 9.73. The van der Waals surface area contributed by atoms with Gasteiger partial charge in [0.15, 0.2) is 0 Å². The number of hydrogen-bond acceptors (Lipinski definition) is 3. The van der Waals surface area contributed by atoms with Crippen LogP contribution in [-0.4, -0.2) is 21.4 Å². The van der Waals surface area contributed by atoms with Crippen LogP contribution in [0.25, 0.3) is 0 Å². The molecule has 3 rings (SSSR count). The van der Waals surface area contributed by atoms with Crippen LogP contribution in [0.2, 0.25) is 5.02 Å². The molecule has 1 saturated carbocycles. The summed E-state index contributed by atoms with van der Waals surface area (Å²) in [5, 5.41) is 3.12. The summed E-state index contributed by atoms with van der Waals surface area (Å²) in [5.41, 5.74) is 0.731. The first kappa shape index (κ1) is 17.9. The minimum atomic E-state index is -3.70. The van der Waals surface area contributed by atoms with E-state index in [-0.39, 0.29) is 10.8 Å². The normalized spacial score (nSPS) is 16.1. The number of sulfonamides is 1. The Hall–Kier alpha value is -1.89. The number of carbonyl (C=O) groups is 1. The third-order valence-electron chi connectivity index (χ3n) is 4.59. The lowest BCUT2D eigenvalue weighted by Crippen LogP contribution is -2.50. The summed E-state index contributed by atoms with van der Waals surface area (Å²) in [6.45, 7) is 0. The standard InChI is InChI=1S/C18H19ClN2O3S/c1-20-17(22)13-3-9-16(10-4-13)25(23,24)21-18(11-2-12-18)14-5-7-15(19)8-6-14/h3-10,21H,2,11-12H2,1H3,(H,20,22). The molecular weight excluding hydrogens is 360 g/mol. The maximum atomic E-state index is 12.8. The zero-order chi connectivity index (χ0) is 18.1. The fourth-order valence-electron chi connectivity index (χ4n) is 2.99. The molecule has 1 aliphatic rings. The number of hydrogen-bond donors (Lipinski definition) is 2. The molecule has 0 saturated heterocycles. The first-order valence-electron chi connectivity index (χ1n) is 7.98. The van der Waals surface area contributed by atoms with Gasteiger partial charge in [-0.05, 0) is 61.2 Å². The van der Waals surface area contributed by atoms with E-state index >= 15 is 0 Å². The van der Waals surface area contributed by atoms with Crippen molar-refractivity contribution < 1.29 is 13.2 Å². The minimum absolute atomic E-state index is 0.139. The van der Waals surface area contributed by atoms with Crippen LogP contribution in [-0.2, 0) is 15.6 Å². The van der Waals surface area contributed by atoms with Gasteiger partial charge in [-0.3, -0.25) is 4.79 Å². The van der Waals surface area contributed by atoms with Gasteiger partial charge < -0.3 is 5.32 Å². The van der Waals surface area contributed by atoms with E-state index in [0.717, 1.165) is 24.8 Å². The van der Waals surface area contributed by atoms with Gasteiger partial charge in [-0.15, -0.1) is 0 Å². The van der Waals surface area contributed by atoms with Crippen LogP contribution < -0.4 is 10.0 Å². The largest absolute Gasteiger partial charge is 0.355 e. The molecule has 0 heterocycles. The fourth-order valence-corrected chi connectivity index (χ4v) is 4.57. The minimum Gasteiger partial charge on any atom is -0.355 e. The summed E-state index contributed by atoms with van der Waals surface area (Å²) in [6.07, 6.45) is 2.44. The number of carbonyl (C=O) groups excluding carboxylic acids is 1. The first-order chi connectivity index (χ1) is 11.9. The molecule has 25 heavy (non-hydrogen) atoms. The van der Waals surface area contributed by atoms with E-state index in [2.05, 4.69) is 10.0 Å². The van der Waals surface area contributed by atoms with E-state index in [9.17, 15) is 13.2 Å². The SMILES string of the molecule is CNC(=O)c1ccc(S(=O)(=O)NC2(c3ccc(Cl)cc3)CCC2)cc1. The van der Waals surface area contributed by atoms with Crippen molar-refractivity contribution in [2.75, 3.05) is 7.05 Å². The Morgan fingerprint density at radius 1 is 1.04 bits per heavy atom. The topological polar surface area (TPSA) is 75.3 Å². The van der Waals surface area contributed by atoms with Gasteiger partial charge in [-0.1, -0.05) is 23.7 Å². The van der Waals surface area contributed by atoms with Crippen LogP contribution in [0.3, 0.4) is 0 Å². The molecule has 0 spiro atoms. The molecule has 132 valence electrons. The van der Waals surface area contributed by atoms with Crippen LogP contribution in [0.4, 0.5) is 0 Å². The molecule has 0 aliphatic heterocycles. The van der Waals surface area contributed by atoms with Gasteiger partial charge in [0.1, 0.15) is 0 Å². The third-order valence-corrected chi connectivity index (χ3v) is 6.39. The number of amides is 1. The molecule has 1 amide bonds. The van der Waals surface area contributed by atoms with E-state index in [1.165, 1.54) is 31.3 Å². The highest BCUT2D eigenvalue weighted by atomic mass is 35.5. The number of benzene rings is 2. The summed E-state index contributed by atoms with van der Waals surface area (Å²) < 4.78 is 28.4. The Labute approximate surface area is 152 Å². The van der Waals surface area contributed by atoms with Gasteiger partial charge >= 0.3 is 0 Å². The molecule has 2 aromatic rings. The van der Waals surface area contributed by atoms with Crippen LogP contribution in [0, 0.1) is 0 Å². The molecule has 2 aromatic carbocycles. The molecule has 0 atom stereocenters. The maximum absolute atomic E-state index is 12.8. The zero-order valence-corrected chi connectivity index (χ0v) is 15.3. The van der Waals surface area contributed by atoms with Crippen molar-refractivity contribution in [1.82, 2.24) is 10.0 Å². The Bertz CT molecular complexity index is 874. The Morgan fingerprint density at radius 3 is 2.12 bits per heavy atom. The number of rotatable bonds is 5. The fraction of sp³-hybridized carbons (Fsp3) is 0.278. The average molecular weight is 379 g/mol. The Balaban J connectivity index is 1.87. The van der Waals surface area contributed by atoms with E-state index in [0.29, 0.717) is 10.6 Å². The third kappa shape index (κ3) is 3.56. The van der Waals surface area contributed by atoms with Gasteiger partial charge in [0.25, 0.3) is 5.91 Å². The highest BCUT2D eigenvalue weighted by molar-refractivity contribution is 7.89. The molecule has 7 heteroatoms. The quantitative estimate of drug-likeness (QED) is 0.839. The van der Waals surface area contributed by atoms with E-state index in [1.54, 1.807) is 12.1 Å². The molecule has 0 bridgehead atoms. The highest BCUT2D eigenvalue weighted by Crippen LogP contribution is 2.42. The summed E-state index contributed by atoms with van der Waals surface area (Å²) >= 11 is 5.93. The molecule has 2 N–H and O–H groups in total. The van der Waals surface area contributed by atoms with Gasteiger partial charge in [0.05, 0.1) is 10.4 Å². The predicted octanol–water partition coefficient (Wildman–Crippen LogP) is 3.06. The van der Waals surface area contributed by atoms with Crippen molar-refractivity contribution in [3.05, 3.63) is 64.7 Å². The van der Waals surface area contributed by atoms with Gasteiger partial charge in [-0.2, -0.15) is 0 Å². The molecule has 0 aromatic heterocycles. The second-order valence-corrected chi connectivity index (χ2v) is 8.27. The monoisotopic (exact) mass is 378 g/mol. The Morgan fingerprint density at radius 2 is 1.64 bits per heavy atom. The lowest BCUT2D eigenvalue weighted by Gasteiger charge is -2.42. The van der Waals surface area contributed by atoms with Crippen molar-refractivity contribution in [2.45, 2.75) is 29.7 Å². The van der Waals surface area contributed by atoms with Crippen molar-refractivity contribution in [3.8, 4) is 0 Å². The van der Waals surface area contributed by atoms with Crippen molar-refractivity contribution >= 4 is 27.5 Å². The van der Waals surface area contributed by atoms with E-state index in [1.807, 2.05) is 12.1 Å². The second-order valence-electron chi connectivity index (χ2n) is 6.15. The summed E-state index contributed by atoms with van der Waals surface area (Å²) in [7, 11) is -2.17.